The number of methoxy groups -OCH3 is 1. The molecule has 0 spiro atoms. The van der Waals surface area contributed by atoms with Crippen molar-refractivity contribution < 1.29 is 13.5 Å². The summed E-state index contributed by atoms with van der Waals surface area (Å²) in [5, 5.41) is 0. The fraction of sp³-hybridized carbons (Fsp3) is 0.294. The summed E-state index contributed by atoms with van der Waals surface area (Å²) in [6.07, 6.45) is 0.515. The van der Waals surface area contributed by atoms with Crippen LogP contribution in [0.15, 0.2) is 30.3 Å². The van der Waals surface area contributed by atoms with Crippen LogP contribution in [0.4, 0.5) is 8.78 Å². The van der Waals surface area contributed by atoms with Gasteiger partial charge in [-0.2, -0.15) is 0 Å². The second-order valence-electron chi connectivity index (χ2n) is 5.09. The molecule has 0 aliphatic carbocycles. The maximum Gasteiger partial charge on any atom is 0.134 e. The van der Waals surface area contributed by atoms with Crippen LogP contribution in [0.2, 0.25) is 0 Å². The molecule has 0 saturated carbocycles. The Bertz CT molecular complexity index is 632. The Balaban J connectivity index is 2.27. The van der Waals surface area contributed by atoms with Gasteiger partial charge < -0.3 is 4.74 Å². The molecule has 1 nitrogen and oxygen atoms in total. The van der Waals surface area contributed by atoms with E-state index in [-0.39, 0.29) is 11.3 Å². The Labute approximate surface area is 132 Å². The number of rotatable bonds is 4. The van der Waals surface area contributed by atoms with Crippen molar-refractivity contribution in [2.24, 2.45) is 0 Å². The van der Waals surface area contributed by atoms with Crippen molar-refractivity contribution >= 4 is 15.9 Å². The molecule has 112 valence electrons. The first kappa shape index (κ1) is 16.0. The Kier molecular flexibility index (Phi) is 4.99. The van der Waals surface area contributed by atoms with Gasteiger partial charge >= 0.3 is 0 Å². The number of benzene rings is 2. The summed E-state index contributed by atoms with van der Waals surface area (Å²) in [4.78, 5) is -0.425. The van der Waals surface area contributed by atoms with Crippen molar-refractivity contribution in [3.63, 3.8) is 0 Å². The fourth-order valence-corrected chi connectivity index (χ4v) is 3.03. The largest absolute Gasteiger partial charge is 0.497 e. The monoisotopic (exact) mass is 354 g/mol. The standard InChI is InChI=1S/C17H17BrF2O/c1-10-4-5-12(6-11(10)2)7-14(18)17-15(19)8-13(21-3)9-16(17)20/h4-6,8-9,14H,7H2,1-3H3. The van der Waals surface area contributed by atoms with Gasteiger partial charge in [0.05, 0.1) is 7.11 Å². The maximum absolute atomic E-state index is 14.0. The van der Waals surface area contributed by atoms with Crippen molar-refractivity contribution in [2.75, 3.05) is 7.11 Å². The SMILES string of the molecule is COc1cc(F)c(C(Br)Cc2ccc(C)c(C)c2)c(F)c1. The van der Waals surface area contributed by atoms with Crippen molar-refractivity contribution in [3.05, 3.63) is 64.2 Å². The van der Waals surface area contributed by atoms with Crippen LogP contribution >= 0.6 is 15.9 Å². The van der Waals surface area contributed by atoms with Crippen LogP contribution in [0.1, 0.15) is 27.1 Å². The van der Waals surface area contributed by atoms with E-state index in [1.807, 2.05) is 32.0 Å². The van der Waals surface area contributed by atoms with E-state index in [4.69, 9.17) is 4.74 Å². The number of hydrogen-bond donors (Lipinski definition) is 0. The third kappa shape index (κ3) is 3.62. The van der Waals surface area contributed by atoms with Gasteiger partial charge in [0.1, 0.15) is 17.4 Å². The topological polar surface area (TPSA) is 9.23 Å². The molecule has 2 rings (SSSR count). The summed E-state index contributed by atoms with van der Waals surface area (Å²) in [5.41, 5.74) is 3.44. The molecular weight excluding hydrogens is 338 g/mol. The highest BCUT2D eigenvalue weighted by Crippen LogP contribution is 2.33. The van der Waals surface area contributed by atoms with Crippen LogP contribution in [0.25, 0.3) is 0 Å². The number of ether oxygens (including phenoxy) is 1. The summed E-state index contributed by atoms with van der Waals surface area (Å²) in [5.74, 6) is -1.02. The smallest absolute Gasteiger partial charge is 0.134 e. The van der Waals surface area contributed by atoms with Gasteiger partial charge in [-0.05, 0) is 37.0 Å². The predicted octanol–water partition coefficient (Wildman–Crippen LogP) is 5.27. The van der Waals surface area contributed by atoms with E-state index in [0.717, 1.165) is 5.56 Å². The first-order chi connectivity index (χ1) is 9.92. The molecule has 0 amide bonds. The van der Waals surface area contributed by atoms with E-state index in [1.165, 1.54) is 30.4 Å². The zero-order valence-corrected chi connectivity index (χ0v) is 13.8. The molecule has 0 fully saturated rings. The minimum absolute atomic E-state index is 0.0361. The second kappa shape index (κ2) is 6.56. The lowest BCUT2D eigenvalue weighted by Crippen LogP contribution is -2.03. The lowest BCUT2D eigenvalue weighted by Gasteiger charge is -2.14. The van der Waals surface area contributed by atoms with E-state index < -0.39 is 16.5 Å². The second-order valence-corrected chi connectivity index (χ2v) is 6.20. The van der Waals surface area contributed by atoms with Crippen LogP contribution in [0.3, 0.4) is 0 Å². The van der Waals surface area contributed by atoms with Gasteiger partial charge in [0.2, 0.25) is 0 Å². The normalized spacial score (nSPS) is 12.3. The highest BCUT2D eigenvalue weighted by molar-refractivity contribution is 9.09. The van der Waals surface area contributed by atoms with Crippen LogP contribution in [-0.2, 0) is 6.42 Å². The first-order valence-electron chi connectivity index (χ1n) is 6.65. The minimum Gasteiger partial charge on any atom is -0.497 e. The van der Waals surface area contributed by atoms with E-state index in [1.54, 1.807) is 0 Å². The lowest BCUT2D eigenvalue weighted by molar-refractivity contribution is 0.405. The number of hydrogen-bond acceptors (Lipinski definition) is 1. The Morgan fingerprint density at radius 3 is 2.19 bits per heavy atom. The van der Waals surface area contributed by atoms with Crippen molar-refractivity contribution in [1.82, 2.24) is 0 Å². The molecule has 1 atom stereocenters. The van der Waals surface area contributed by atoms with E-state index in [9.17, 15) is 8.78 Å². The van der Waals surface area contributed by atoms with Gasteiger partial charge in [-0.1, -0.05) is 34.1 Å². The molecule has 4 heteroatoms. The molecule has 0 aliphatic heterocycles. The number of halogens is 3. The Morgan fingerprint density at radius 1 is 1.05 bits per heavy atom. The molecular formula is C17H17BrF2O. The van der Waals surface area contributed by atoms with Crippen molar-refractivity contribution in [1.29, 1.82) is 0 Å². The molecule has 2 aromatic rings. The average Bonchev–Trinajstić information content (AvgIpc) is 2.42. The summed E-state index contributed by atoms with van der Waals surface area (Å²) >= 11 is 3.39. The molecule has 0 aliphatic rings. The highest BCUT2D eigenvalue weighted by atomic mass is 79.9. The molecule has 0 radical (unpaired) electrons. The third-order valence-corrected chi connectivity index (χ3v) is 4.37. The van der Waals surface area contributed by atoms with Gasteiger partial charge in [-0.3, -0.25) is 0 Å². The number of alkyl halides is 1. The van der Waals surface area contributed by atoms with E-state index in [2.05, 4.69) is 15.9 Å². The molecule has 21 heavy (non-hydrogen) atoms. The van der Waals surface area contributed by atoms with Crippen LogP contribution in [-0.4, -0.2) is 7.11 Å². The number of aryl methyl sites for hydroxylation is 2. The molecule has 0 N–H and O–H groups in total. The lowest BCUT2D eigenvalue weighted by atomic mass is 10.00. The fourth-order valence-electron chi connectivity index (χ4n) is 2.22. The third-order valence-electron chi connectivity index (χ3n) is 3.59. The molecule has 1 unspecified atom stereocenters. The molecule has 2 aromatic carbocycles. The summed E-state index contributed by atoms with van der Waals surface area (Å²) in [6.45, 7) is 4.06. The van der Waals surface area contributed by atoms with Gasteiger partial charge in [0.25, 0.3) is 0 Å². The van der Waals surface area contributed by atoms with E-state index in [0.29, 0.717) is 6.42 Å². The van der Waals surface area contributed by atoms with Crippen molar-refractivity contribution in [2.45, 2.75) is 25.1 Å². The zero-order chi connectivity index (χ0) is 15.6. The van der Waals surface area contributed by atoms with Crippen molar-refractivity contribution in [3.8, 4) is 5.75 Å². The molecule has 0 aromatic heterocycles. The minimum atomic E-state index is -0.599. The van der Waals surface area contributed by atoms with Gasteiger partial charge in [-0.15, -0.1) is 0 Å². The van der Waals surface area contributed by atoms with Gasteiger partial charge in [-0.25, -0.2) is 8.78 Å². The quantitative estimate of drug-likeness (QED) is 0.679. The predicted molar refractivity (Wildman–Crippen MR) is 84.2 cm³/mol. The summed E-state index contributed by atoms with van der Waals surface area (Å²) in [6, 6.07) is 8.45. The first-order valence-corrected chi connectivity index (χ1v) is 7.57. The highest BCUT2D eigenvalue weighted by Gasteiger charge is 2.20. The van der Waals surface area contributed by atoms with Crippen LogP contribution in [0.5, 0.6) is 5.75 Å². The van der Waals surface area contributed by atoms with E-state index >= 15 is 0 Å². The van der Waals surface area contributed by atoms with Gasteiger partial charge in [0.15, 0.2) is 0 Å². The Morgan fingerprint density at radius 2 is 1.67 bits per heavy atom. The average molecular weight is 355 g/mol. The molecule has 0 bridgehead atoms. The maximum atomic E-state index is 14.0. The van der Waals surface area contributed by atoms with Crippen LogP contribution in [0, 0.1) is 25.5 Å². The summed E-state index contributed by atoms with van der Waals surface area (Å²) < 4.78 is 33.0. The van der Waals surface area contributed by atoms with Gasteiger partial charge in [0, 0.05) is 22.5 Å². The zero-order valence-electron chi connectivity index (χ0n) is 12.2. The molecule has 0 heterocycles. The Hall–Kier alpha value is -1.42. The summed E-state index contributed by atoms with van der Waals surface area (Å²) in [7, 11) is 1.38. The van der Waals surface area contributed by atoms with Crippen LogP contribution < -0.4 is 4.74 Å². The molecule has 0 saturated heterocycles.